The lowest BCUT2D eigenvalue weighted by Crippen LogP contribution is -2.42. The third kappa shape index (κ3) is 2.88. The lowest BCUT2D eigenvalue weighted by Gasteiger charge is -2.32. The first-order valence-corrected chi connectivity index (χ1v) is 7.80. The van der Waals surface area contributed by atoms with Crippen molar-refractivity contribution in [1.29, 1.82) is 0 Å². The number of hydrogen-bond acceptors (Lipinski definition) is 2. The Bertz CT molecular complexity index is 459. The van der Waals surface area contributed by atoms with Gasteiger partial charge in [-0.2, -0.15) is 0 Å². The van der Waals surface area contributed by atoms with Gasteiger partial charge >= 0.3 is 0 Å². The molecule has 108 valence electrons. The SMILES string of the molecule is CC(C(=O)NC1CC[C@H]2CNC[C@H]2C1)c1ccccc1. The van der Waals surface area contributed by atoms with Crippen LogP contribution in [-0.2, 0) is 4.79 Å². The maximum atomic E-state index is 12.4. The second-order valence-electron chi connectivity index (χ2n) is 6.33. The van der Waals surface area contributed by atoms with E-state index in [4.69, 9.17) is 0 Å². The van der Waals surface area contributed by atoms with Crippen LogP contribution in [0.1, 0.15) is 37.7 Å². The third-order valence-corrected chi connectivity index (χ3v) is 4.99. The Morgan fingerprint density at radius 2 is 1.95 bits per heavy atom. The summed E-state index contributed by atoms with van der Waals surface area (Å²) in [6.07, 6.45) is 3.53. The van der Waals surface area contributed by atoms with Crippen LogP contribution in [0.15, 0.2) is 30.3 Å². The van der Waals surface area contributed by atoms with Crippen LogP contribution in [-0.4, -0.2) is 25.0 Å². The summed E-state index contributed by atoms with van der Waals surface area (Å²) in [5.74, 6) is 1.72. The molecule has 1 saturated heterocycles. The summed E-state index contributed by atoms with van der Waals surface area (Å²) in [6.45, 7) is 4.30. The summed E-state index contributed by atoms with van der Waals surface area (Å²) in [4.78, 5) is 12.4. The average molecular weight is 272 g/mol. The number of rotatable bonds is 3. The van der Waals surface area contributed by atoms with Gasteiger partial charge in [0.25, 0.3) is 0 Å². The summed E-state index contributed by atoms with van der Waals surface area (Å²) in [6, 6.07) is 10.4. The van der Waals surface area contributed by atoms with Crippen LogP contribution in [0.25, 0.3) is 0 Å². The molecule has 2 N–H and O–H groups in total. The van der Waals surface area contributed by atoms with Gasteiger partial charge in [0.15, 0.2) is 0 Å². The Labute approximate surface area is 121 Å². The first kappa shape index (κ1) is 13.6. The van der Waals surface area contributed by atoms with Crippen LogP contribution in [0.4, 0.5) is 0 Å². The third-order valence-electron chi connectivity index (χ3n) is 4.99. The number of hydrogen-bond donors (Lipinski definition) is 2. The van der Waals surface area contributed by atoms with Gasteiger partial charge in [-0.3, -0.25) is 4.79 Å². The fourth-order valence-corrected chi connectivity index (χ4v) is 3.65. The summed E-state index contributed by atoms with van der Waals surface area (Å²) in [7, 11) is 0. The highest BCUT2D eigenvalue weighted by Crippen LogP contribution is 2.32. The van der Waals surface area contributed by atoms with Crippen LogP contribution in [0.5, 0.6) is 0 Å². The van der Waals surface area contributed by atoms with Crippen molar-refractivity contribution in [3.05, 3.63) is 35.9 Å². The minimum absolute atomic E-state index is 0.0596. The van der Waals surface area contributed by atoms with E-state index in [-0.39, 0.29) is 11.8 Å². The zero-order valence-corrected chi connectivity index (χ0v) is 12.1. The fourth-order valence-electron chi connectivity index (χ4n) is 3.65. The largest absolute Gasteiger partial charge is 0.353 e. The zero-order chi connectivity index (χ0) is 13.9. The molecule has 1 aliphatic heterocycles. The van der Waals surface area contributed by atoms with E-state index in [0.717, 1.165) is 36.8 Å². The van der Waals surface area contributed by atoms with Crippen molar-refractivity contribution in [2.45, 2.75) is 38.1 Å². The molecule has 1 aliphatic carbocycles. The molecule has 3 rings (SSSR count). The molecule has 1 aromatic carbocycles. The number of nitrogens with one attached hydrogen (secondary N) is 2. The first-order chi connectivity index (χ1) is 9.74. The molecule has 0 bridgehead atoms. The van der Waals surface area contributed by atoms with Crippen molar-refractivity contribution < 1.29 is 4.79 Å². The molecule has 0 aromatic heterocycles. The molecule has 1 heterocycles. The predicted molar refractivity (Wildman–Crippen MR) is 80.5 cm³/mol. The summed E-state index contributed by atoms with van der Waals surface area (Å²) in [5.41, 5.74) is 1.10. The monoisotopic (exact) mass is 272 g/mol. The Morgan fingerprint density at radius 1 is 1.20 bits per heavy atom. The van der Waals surface area contributed by atoms with Crippen LogP contribution in [0.2, 0.25) is 0 Å². The van der Waals surface area contributed by atoms with Crippen molar-refractivity contribution in [2.24, 2.45) is 11.8 Å². The smallest absolute Gasteiger partial charge is 0.227 e. The molecule has 1 aromatic rings. The zero-order valence-electron chi connectivity index (χ0n) is 12.1. The summed E-state index contributed by atoms with van der Waals surface area (Å²) < 4.78 is 0. The molecule has 2 unspecified atom stereocenters. The second-order valence-corrected chi connectivity index (χ2v) is 6.33. The molecular weight excluding hydrogens is 248 g/mol. The van der Waals surface area contributed by atoms with Crippen molar-refractivity contribution in [3.8, 4) is 0 Å². The predicted octanol–water partition coefficient (Wildman–Crippen LogP) is 2.29. The molecule has 0 spiro atoms. The van der Waals surface area contributed by atoms with Crippen molar-refractivity contribution in [3.63, 3.8) is 0 Å². The van der Waals surface area contributed by atoms with E-state index in [9.17, 15) is 4.79 Å². The quantitative estimate of drug-likeness (QED) is 0.886. The maximum Gasteiger partial charge on any atom is 0.227 e. The number of carbonyl (C=O) groups is 1. The van der Waals surface area contributed by atoms with Gasteiger partial charge < -0.3 is 10.6 Å². The molecule has 3 heteroatoms. The Balaban J connectivity index is 1.56. The van der Waals surface area contributed by atoms with Crippen LogP contribution in [0, 0.1) is 11.8 Å². The highest BCUT2D eigenvalue weighted by molar-refractivity contribution is 5.83. The number of benzene rings is 1. The van der Waals surface area contributed by atoms with Crippen LogP contribution >= 0.6 is 0 Å². The van der Waals surface area contributed by atoms with E-state index >= 15 is 0 Å². The van der Waals surface area contributed by atoms with E-state index in [1.54, 1.807) is 0 Å². The van der Waals surface area contributed by atoms with Gasteiger partial charge in [0, 0.05) is 6.04 Å². The average Bonchev–Trinajstić information content (AvgIpc) is 2.95. The molecule has 20 heavy (non-hydrogen) atoms. The molecule has 2 fully saturated rings. The highest BCUT2D eigenvalue weighted by Gasteiger charge is 2.34. The molecule has 3 nitrogen and oxygen atoms in total. The van der Waals surface area contributed by atoms with E-state index in [1.165, 1.54) is 13.0 Å². The maximum absolute atomic E-state index is 12.4. The van der Waals surface area contributed by atoms with Gasteiger partial charge in [-0.1, -0.05) is 30.3 Å². The van der Waals surface area contributed by atoms with E-state index in [0.29, 0.717) is 6.04 Å². The van der Waals surface area contributed by atoms with Crippen molar-refractivity contribution >= 4 is 5.91 Å². The molecule has 1 amide bonds. The fraction of sp³-hybridized carbons (Fsp3) is 0.588. The number of amides is 1. The van der Waals surface area contributed by atoms with Crippen molar-refractivity contribution in [1.82, 2.24) is 10.6 Å². The second kappa shape index (κ2) is 5.96. The van der Waals surface area contributed by atoms with Gasteiger partial charge in [-0.05, 0) is 56.7 Å². The van der Waals surface area contributed by atoms with Gasteiger partial charge in [0.2, 0.25) is 5.91 Å². The minimum atomic E-state index is -0.0596. The standard InChI is InChI=1S/C17H24N2O/c1-12(13-5-3-2-4-6-13)17(20)19-16-8-7-14-10-18-11-15(14)9-16/h2-6,12,14-16,18H,7-11H2,1H3,(H,19,20)/t12?,14-,15+,16?/m0/s1. The Hall–Kier alpha value is -1.35. The topological polar surface area (TPSA) is 41.1 Å². The number of fused-ring (bicyclic) bond motifs is 1. The molecule has 0 radical (unpaired) electrons. The normalized spacial score (nSPS) is 30.6. The first-order valence-electron chi connectivity index (χ1n) is 7.80. The molecule has 1 saturated carbocycles. The Morgan fingerprint density at radius 3 is 2.75 bits per heavy atom. The highest BCUT2D eigenvalue weighted by atomic mass is 16.1. The molecular formula is C17H24N2O. The summed E-state index contributed by atoms with van der Waals surface area (Å²) in [5, 5.41) is 6.74. The lowest BCUT2D eigenvalue weighted by molar-refractivity contribution is -0.123. The van der Waals surface area contributed by atoms with E-state index in [2.05, 4.69) is 10.6 Å². The van der Waals surface area contributed by atoms with Crippen LogP contribution < -0.4 is 10.6 Å². The van der Waals surface area contributed by atoms with E-state index < -0.39 is 0 Å². The van der Waals surface area contributed by atoms with Crippen molar-refractivity contribution in [2.75, 3.05) is 13.1 Å². The number of carbonyl (C=O) groups excluding carboxylic acids is 1. The minimum Gasteiger partial charge on any atom is -0.353 e. The summed E-state index contributed by atoms with van der Waals surface area (Å²) >= 11 is 0. The van der Waals surface area contributed by atoms with E-state index in [1.807, 2.05) is 37.3 Å². The Kier molecular flexibility index (Phi) is 4.06. The van der Waals surface area contributed by atoms with Gasteiger partial charge in [-0.25, -0.2) is 0 Å². The van der Waals surface area contributed by atoms with Gasteiger partial charge in [0.1, 0.15) is 0 Å². The molecule has 2 aliphatic rings. The van der Waals surface area contributed by atoms with Gasteiger partial charge in [0.05, 0.1) is 5.92 Å². The molecule has 4 atom stereocenters. The van der Waals surface area contributed by atoms with Gasteiger partial charge in [-0.15, -0.1) is 0 Å². The van der Waals surface area contributed by atoms with Crippen LogP contribution in [0.3, 0.4) is 0 Å². The lowest BCUT2D eigenvalue weighted by atomic mass is 9.79.